The van der Waals surface area contributed by atoms with E-state index in [2.05, 4.69) is 15.2 Å². The largest absolute Gasteiger partial charge is 0.494 e. The fraction of sp³-hybridized carbons (Fsp3) is 0.136. The summed E-state index contributed by atoms with van der Waals surface area (Å²) in [4.78, 5) is 18.1. The molecule has 150 valence electrons. The number of carbonyl (C=O) groups excluding carboxylic acids is 1. The van der Waals surface area contributed by atoms with Gasteiger partial charge in [-0.3, -0.25) is 14.9 Å². The number of fused-ring (bicyclic) bond motifs is 2. The molecule has 30 heavy (non-hydrogen) atoms. The van der Waals surface area contributed by atoms with Crippen LogP contribution in [0.2, 0.25) is 0 Å². The van der Waals surface area contributed by atoms with E-state index in [1.54, 1.807) is 36.7 Å². The molecule has 8 heteroatoms. The van der Waals surface area contributed by atoms with Crippen molar-refractivity contribution in [3.05, 3.63) is 77.2 Å². The van der Waals surface area contributed by atoms with Crippen molar-refractivity contribution in [1.29, 1.82) is 0 Å². The van der Waals surface area contributed by atoms with Crippen LogP contribution in [0.5, 0.6) is 5.75 Å². The Morgan fingerprint density at radius 2 is 1.97 bits per heavy atom. The number of ether oxygens (including phenoxy) is 1. The number of aromatic amines is 1. The molecule has 1 amide bonds. The molecule has 0 bridgehead atoms. The normalized spacial score (nSPS) is 13.2. The van der Waals surface area contributed by atoms with Gasteiger partial charge in [-0.25, -0.2) is 8.78 Å². The Morgan fingerprint density at radius 1 is 1.17 bits per heavy atom. The molecule has 5 rings (SSSR count). The minimum atomic E-state index is -0.714. The van der Waals surface area contributed by atoms with Crippen LogP contribution in [0.1, 0.15) is 21.6 Å². The summed E-state index contributed by atoms with van der Waals surface area (Å²) in [7, 11) is 1.54. The molecule has 6 nitrogen and oxygen atoms in total. The molecule has 0 saturated carbocycles. The van der Waals surface area contributed by atoms with Crippen molar-refractivity contribution in [3.8, 4) is 16.9 Å². The molecule has 0 radical (unpaired) electrons. The Bertz CT molecular complexity index is 1280. The lowest BCUT2D eigenvalue weighted by atomic mass is 9.99. The van der Waals surface area contributed by atoms with E-state index < -0.39 is 11.6 Å². The van der Waals surface area contributed by atoms with Crippen LogP contribution >= 0.6 is 0 Å². The van der Waals surface area contributed by atoms with E-state index in [-0.39, 0.29) is 24.6 Å². The van der Waals surface area contributed by atoms with Crippen LogP contribution < -0.4 is 4.74 Å². The maximum atomic E-state index is 14.9. The number of nitrogens with one attached hydrogen (secondary N) is 1. The van der Waals surface area contributed by atoms with E-state index in [4.69, 9.17) is 4.74 Å². The maximum Gasteiger partial charge on any atom is 0.256 e. The fourth-order valence-electron chi connectivity index (χ4n) is 3.84. The Kier molecular flexibility index (Phi) is 4.20. The van der Waals surface area contributed by atoms with Gasteiger partial charge in [0.2, 0.25) is 0 Å². The lowest BCUT2D eigenvalue weighted by Gasteiger charge is -2.17. The van der Waals surface area contributed by atoms with Gasteiger partial charge in [0.05, 0.1) is 37.7 Å². The number of methoxy groups -OCH3 is 1. The second kappa shape index (κ2) is 6.91. The molecular weight excluding hydrogens is 390 g/mol. The molecule has 0 saturated heterocycles. The Balaban J connectivity index is 1.50. The predicted octanol–water partition coefficient (Wildman–Crippen LogP) is 4.07. The summed E-state index contributed by atoms with van der Waals surface area (Å²) in [5, 5.41) is 7.54. The van der Waals surface area contributed by atoms with Gasteiger partial charge in [0.25, 0.3) is 5.91 Å². The van der Waals surface area contributed by atoms with Crippen molar-refractivity contribution in [2.75, 3.05) is 7.11 Å². The summed E-state index contributed by atoms with van der Waals surface area (Å²) in [6.07, 6.45) is 3.18. The highest BCUT2D eigenvalue weighted by Crippen LogP contribution is 2.35. The minimum Gasteiger partial charge on any atom is -0.494 e. The third kappa shape index (κ3) is 2.80. The standard InChI is InChI=1S/C22H16F2N4O2/c1-30-20-5-4-13(15-9-26-27-21(15)20)12-7-17(23)16(18(24)8-12)10-28-11-19-14(22(28)29)3-2-6-25-19/h2-9H,10-11H2,1H3,(H,26,27). The zero-order valence-corrected chi connectivity index (χ0v) is 15.9. The second-order valence-corrected chi connectivity index (χ2v) is 7.05. The van der Waals surface area contributed by atoms with Crippen molar-refractivity contribution in [3.63, 3.8) is 0 Å². The number of benzene rings is 2. The second-order valence-electron chi connectivity index (χ2n) is 7.05. The monoisotopic (exact) mass is 406 g/mol. The fourth-order valence-corrected chi connectivity index (χ4v) is 3.84. The van der Waals surface area contributed by atoms with Gasteiger partial charge in [0.15, 0.2) is 0 Å². The highest BCUT2D eigenvalue weighted by molar-refractivity contribution is 5.98. The number of carbonyl (C=O) groups is 1. The molecule has 2 aromatic carbocycles. The maximum absolute atomic E-state index is 14.9. The Labute approximate surface area is 170 Å². The van der Waals surface area contributed by atoms with Crippen LogP contribution in [-0.2, 0) is 13.1 Å². The Hall–Kier alpha value is -3.81. The minimum absolute atomic E-state index is 0.156. The van der Waals surface area contributed by atoms with Gasteiger partial charge in [-0.2, -0.15) is 5.10 Å². The first-order valence-corrected chi connectivity index (χ1v) is 9.28. The lowest BCUT2D eigenvalue weighted by Crippen LogP contribution is -2.24. The van der Waals surface area contributed by atoms with E-state index in [0.29, 0.717) is 39.0 Å². The summed E-state index contributed by atoms with van der Waals surface area (Å²) >= 11 is 0. The number of amides is 1. The van der Waals surface area contributed by atoms with E-state index in [9.17, 15) is 13.6 Å². The van der Waals surface area contributed by atoms with Gasteiger partial charge in [-0.05, 0) is 47.5 Å². The van der Waals surface area contributed by atoms with Gasteiger partial charge >= 0.3 is 0 Å². The van der Waals surface area contributed by atoms with Crippen LogP contribution in [0.25, 0.3) is 22.0 Å². The van der Waals surface area contributed by atoms with Crippen molar-refractivity contribution in [2.24, 2.45) is 0 Å². The molecule has 4 aromatic rings. The van der Waals surface area contributed by atoms with Gasteiger partial charge in [-0.1, -0.05) is 0 Å². The van der Waals surface area contributed by atoms with Crippen LogP contribution in [0, 0.1) is 11.6 Å². The zero-order valence-electron chi connectivity index (χ0n) is 15.9. The number of H-pyrrole nitrogens is 1. The quantitative estimate of drug-likeness (QED) is 0.555. The van der Waals surface area contributed by atoms with Gasteiger partial charge in [0, 0.05) is 17.1 Å². The summed E-state index contributed by atoms with van der Waals surface area (Å²) in [6, 6.07) is 9.34. The molecule has 0 aliphatic carbocycles. The third-order valence-electron chi connectivity index (χ3n) is 5.35. The summed E-state index contributed by atoms with van der Waals surface area (Å²) in [5.41, 5.74) is 2.57. The molecular formula is C22H16F2N4O2. The topological polar surface area (TPSA) is 71.1 Å². The number of hydrogen-bond acceptors (Lipinski definition) is 4. The van der Waals surface area contributed by atoms with Crippen LogP contribution in [0.3, 0.4) is 0 Å². The van der Waals surface area contributed by atoms with Crippen molar-refractivity contribution < 1.29 is 18.3 Å². The molecule has 1 aliphatic rings. The van der Waals surface area contributed by atoms with Crippen molar-refractivity contribution >= 4 is 16.8 Å². The first-order valence-electron chi connectivity index (χ1n) is 9.28. The zero-order chi connectivity index (χ0) is 20.8. The van der Waals surface area contributed by atoms with Gasteiger partial charge < -0.3 is 9.64 Å². The number of pyridine rings is 1. The number of hydrogen-bond donors (Lipinski definition) is 1. The average Bonchev–Trinajstić information content (AvgIpc) is 3.35. The molecule has 0 unspecified atom stereocenters. The number of rotatable bonds is 4. The molecule has 1 aliphatic heterocycles. The van der Waals surface area contributed by atoms with Crippen LogP contribution in [0.4, 0.5) is 8.78 Å². The number of aromatic nitrogens is 3. The summed E-state index contributed by atoms with van der Waals surface area (Å²) < 4.78 is 35.2. The van der Waals surface area contributed by atoms with Crippen molar-refractivity contribution in [2.45, 2.75) is 13.1 Å². The molecule has 0 spiro atoms. The molecule has 0 fully saturated rings. The van der Waals surface area contributed by atoms with Crippen LogP contribution in [0.15, 0.2) is 48.8 Å². The molecule has 2 aromatic heterocycles. The molecule has 3 heterocycles. The first kappa shape index (κ1) is 18.2. The Morgan fingerprint density at radius 3 is 2.70 bits per heavy atom. The van der Waals surface area contributed by atoms with E-state index in [1.807, 2.05) is 0 Å². The smallest absolute Gasteiger partial charge is 0.256 e. The van der Waals surface area contributed by atoms with E-state index in [0.717, 1.165) is 0 Å². The average molecular weight is 406 g/mol. The lowest BCUT2D eigenvalue weighted by molar-refractivity contribution is 0.0763. The number of halogens is 2. The van der Waals surface area contributed by atoms with E-state index in [1.165, 1.54) is 24.1 Å². The highest BCUT2D eigenvalue weighted by Gasteiger charge is 2.29. The first-order chi connectivity index (χ1) is 14.6. The predicted molar refractivity (Wildman–Crippen MR) is 106 cm³/mol. The van der Waals surface area contributed by atoms with Crippen LogP contribution in [-0.4, -0.2) is 33.1 Å². The summed E-state index contributed by atoms with van der Waals surface area (Å²) in [5.74, 6) is -1.12. The molecule has 0 atom stereocenters. The van der Waals surface area contributed by atoms with Crippen molar-refractivity contribution in [1.82, 2.24) is 20.1 Å². The van der Waals surface area contributed by atoms with E-state index >= 15 is 0 Å². The summed E-state index contributed by atoms with van der Waals surface area (Å²) in [6.45, 7) is 0.0562. The molecule has 1 N–H and O–H groups in total. The highest BCUT2D eigenvalue weighted by atomic mass is 19.1. The SMILES string of the molecule is COc1ccc(-c2cc(F)c(CN3Cc4ncccc4C3=O)c(F)c2)c2cn[nH]c12. The van der Waals surface area contributed by atoms with Gasteiger partial charge in [-0.15, -0.1) is 0 Å². The third-order valence-corrected chi connectivity index (χ3v) is 5.35. The van der Waals surface area contributed by atoms with Gasteiger partial charge in [0.1, 0.15) is 22.9 Å². The number of nitrogens with zero attached hydrogens (tertiary/aromatic N) is 3.